The Labute approximate surface area is 171 Å². The van der Waals surface area contributed by atoms with Gasteiger partial charge < -0.3 is 10.1 Å². The monoisotopic (exact) mass is 396 g/mol. The average Bonchev–Trinajstić information content (AvgIpc) is 2.61. The Morgan fingerprint density at radius 2 is 1.90 bits per heavy atom. The van der Waals surface area contributed by atoms with E-state index in [1.807, 2.05) is 44.2 Å². The van der Waals surface area contributed by atoms with Gasteiger partial charge in [0.1, 0.15) is 11.4 Å². The number of benzene rings is 1. The summed E-state index contributed by atoms with van der Waals surface area (Å²) < 4.78 is 6.86. The Balaban J connectivity index is 2.56. The largest absolute Gasteiger partial charge is 0.444 e. The highest BCUT2D eigenvalue weighted by Gasteiger charge is 2.28. The minimum Gasteiger partial charge on any atom is -0.444 e. The predicted molar refractivity (Wildman–Crippen MR) is 112 cm³/mol. The van der Waals surface area contributed by atoms with Crippen LogP contribution in [-0.4, -0.2) is 21.2 Å². The third-order valence-electron chi connectivity index (χ3n) is 4.26. The molecule has 0 aliphatic heterocycles. The van der Waals surface area contributed by atoms with Crippen LogP contribution in [0.5, 0.6) is 0 Å². The first-order valence-corrected chi connectivity index (χ1v) is 9.55. The maximum atomic E-state index is 13.1. The molecule has 0 aliphatic rings. The molecule has 1 heterocycles. The van der Waals surface area contributed by atoms with Crippen molar-refractivity contribution in [3.63, 3.8) is 0 Å². The summed E-state index contributed by atoms with van der Waals surface area (Å²) in [5.74, 6) is 0.347. The molecule has 1 atom stereocenters. The van der Waals surface area contributed by atoms with Crippen molar-refractivity contribution in [2.75, 3.05) is 0 Å². The summed E-state index contributed by atoms with van der Waals surface area (Å²) in [6.07, 6.45) is -0.580. The smallest absolute Gasteiger partial charge is 0.408 e. The molecule has 7 nitrogen and oxygen atoms in total. The van der Waals surface area contributed by atoms with Gasteiger partial charge in [0.15, 0.2) is 0 Å². The number of nitrogens with one attached hydrogen (secondary N) is 1. The fourth-order valence-corrected chi connectivity index (χ4v) is 2.92. The van der Waals surface area contributed by atoms with Gasteiger partial charge in [0.05, 0.1) is 24.9 Å². The number of hydrogen-bond donors (Lipinski definition) is 1. The standard InChI is InChI=1S/C22H28N4O3/c1-14(2)17(25-21(28)29-22(4,5)6)19-24-15(3)18(23-7)20(27)26(19)13-16-11-9-8-10-12-16/h8-12,14,17H,13H2,1-6H3,(H,25,28). The molecule has 2 rings (SSSR count). The third-order valence-corrected chi connectivity index (χ3v) is 4.26. The van der Waals surface area contributed by atoms with E-state index >= 15 is 0 Å². The van der Waals surface area contributed by atoms with Crippen molar-refractivity contribution in [2.45, 2.75) is 59.7 Å². The Kier molecular flexibility index (Phi) is 6.80. The number of hydrogen-bond acceptors (Lipinski definition) is 4. The molecule has 1 unspecified atom stereocenters. The Bertz CT molecular complexity index is 967. The number of carbonyl (C=O) groups is 1. The predicted octanol–water partition coefficient (Wildman–Crippen LogP) is 4.37. The molecular formula is C22H28N4O3. The first kappa shape index (κ1) is 22.2. The number of aromatic nitrogens is 2. The number of nitrogens with zero attached hydrogens (tertiary/aromatic N) is 3. The molecule has 0 radical (unpaired) electrons. The molecule has 0 fully saturated rings. The van der Waals surface area contributed by atoms with Crippen LogP contribution in [0.3, 0.4) is 0 Å². The van der Waals surface area contributed by atoms with E-state index in [0.717, 1.165) is 5.56 Å². The first-order chi connectivity index (χ1) is 13.5. The van der Waals surface area contributed by atoms with Gasteiger partial charge >= 0.3 is 6.09 Å². The van der Waals surface area contributed by atoms with Gasteiger partial charge in [0, 0.05) is 0 Å². The molecular weight excluding hydrogens is 368 g/mol. The van der Waals surface area contributed by atoms with Crippen LogP contribution >= 0.6 is 0 Å². The zero-order valence-electron chi connectivity index (χ0n) is 17.8. The van der Waals surface area contributed by atoms with Gasteiger partial charge in [-0.05, 0) is 39.2 Å². The van der Waals surface area contributed by atoms with Crippen LogP contribution in [0.25, 0.3) is 4.85 Å². The summed E-state index contributed by atoms with van der Waals surface area (Å²) in [7, 11) is 0. The molecule has 0 saturated carbocycles. The van der Waals surface area contributed by atoms with Crippen molar-refractivity contribution in [3.8, 4) is 0 Å². The lowest BCUT2D eigenvalue weighted by Crippen LogP contribution is -2.40. The highest BCUT2D eigenvalue weighted by molar-refractivity contribution is 5.68. The van der Waals surface area contributed by atoms with Crippen LogP contribution in [-0.2, 0) is 11.3 Å². The maximum absolute atomic E-state index is 13.1. The topological polar surface area (TPSA) is 77.6 Å². The SMILES string of the molecule is [C-]#[N+]c1c(C)nc(C(NC(=O)OC(C)(C)C)C(C)C)n(Cc2ccccc2)c1=O. The molecule has 0 spiro atoms. The van der Waals surface area contributed by atoms with Crippen LogP contribution in [0.15, 0.2) is 35.1 Å². The third kappa shape index (κ3) is 5.67. The summed E-state index contributed by atoms with van der Waals surface area (Å²) in [6, 6.07) is 8.91. The highest BCUT2D eigenvalue weighted by Crippen LogP contribution is 2.23. The molecule has 2 aromatic rings. The van der Waals surface area contributed by atoms with Gasteiger partial charge in [-0.2, -0.15) is 0 Å². The zero-order chi connectivity index (χ0) is 21.8. The molecule has 0 bridgehead atoms. The van der Waals surface area contributed by atoms with E-state index in [4.69, 9.17) is 11.3 Å². The minimum atomic E-state index is -0.646. The highest BCUT2D eigenvalue weighted by atomic mass is 16.6. The Hall–Kier alpha value is -3.14. The summed E-state index contributed by atoms with van der Waals surface area (Å²) in [4.78, 5) is 33.4. The van der Waals surface area contributed by atoms with E-state index in [9.17, 15) is 9.59 Å². The van der Waals surface area contributed by atoms with Crippen molar-refractivity contribution < 1.29 is 9.53 Å². The number of rotatable bonds is 5. The van der Waals surface area contributed by atoms with E-state index in [-0.39, 0.29) is 18.2 Å². The van der Waals surface area contributed by atoms with Crippen molar-refractivity contribution in [1.82, 2.24) is 14.9 Å². The van der Waals surface area contributed by atoms with Crippen LogP contribution in [0.1, 0.15) is 57.7 Å². The number of ether oxygens (including phenoxy) is 1. The van der Waals surface area contributed by atoms with Gasteiger partial charge in [-0.1, -0.05) is 44.2 Å². The molecule has 0 saturated heterocycles. The van der Waals surface area contributed by atoms with Crippen molar-refractivity contribution in [3.05, 3.63) is 69.2 Å². The molecule has 1 aromatic carbocycles. The molecule has 7 heteroatoms. The zero-order valence-corrected chi connectivity index (χ0v) is 17.8. The van der Waals surface area contributed by atoms with Gasteiger partial charge in [-0.15, -0.1) is 0 Å². The average molecular weight is 396 g/mol. The summed E-state index contributed by atoms with van der Waals surface area (Å²) in [5.41, 5.74) is 0.178. The second-order valence-electron chi connectivity index (χ2n) is 8.26. The van der Waals surface area contributed by atoms with Gasteiger partial charge in [0.25, 0.3) is 11.2 Å². The lowest BCUT2D eigenvalue weighted by Gasteiger charge is -2.27. The van der Waals surface area contributed by atoms with E-state index in [1.165, 1.54) is 4.57 Å². The van der Waals surface area contributed by atoms with Crippen LogP contribution in [0, 0.1) is 19.4 Å². The summed E-state index contributed by atoms with van der Waals surface area (Å²) >= 11 is 0. The fraction of sp³-hybridized carbons (Fsp3) is 0.455. The van der Waals surface area contributed by atoms with Crippen LogP contribution < -0.4 is 10.9 Å². The van der Waals surface area contributed by atoms with Crippen LogP contribution in [0.2, 0.25) is 0 Å². The lowest BCUT2D eigenvalue weighted by molar-refractivity contribution is 0.0484. The van der Waals surface area contributed by atoms with Gasteiger partial charge in [0.2, 0.25) is 0 Å². The Morgan fingerprint density at radius 1 is 1.28 bits per heavy atom. The number of alkyl carbamates (subject to hydrolysis) is 1. The number of aryl methyl sites for hydroxylation is 1. The van der Waals surface area contributed by atoms with Crippen LogP contribution in [0.4, 0.5) is 10.5 Å². The van der Waals surface area contributed by atoms with Gasteiger partial charge in [-0.3, -0.25) is 9.36 Å². The van der Waals surface area contributed by atoms with Crippen molar-refractivity contribution in [1.29, 1.82) is 0 Å². The summed E-state index contributed by atoms with van der Waals surface area (Å²) in [6.45, 7) is 18.5. The normalized spacial score (nSPS) is 12.3. The fourth-order valence-electron chi connectivity index (χ4n) is 2.92. The second-order valence-corrected chi connectivity index (χ2v) is 8.26. The number of carbonyl (C=O) groups excluding carboxylic acids is 1. The Morgan fingerprint density at radius 3 is 2.41 bits per heavy atom. The first-order valence-electron chi connectivity index (χ1n) is 9.55. The molecule has 1 N–H and O–H groups in total. The van der Waals surface area contributed by atoms with Crippen molar-refractivity contribution >= 4 is 11.8 Å². The van der Waals surface area contributed by atoms with E-state index in [0.29, 0.717) is 11.5 Å². The maximum Gasteiger partial charge on any atom is 0.408 e. The molecule has 29 heavy (non-hydrogen) atoms. The second kappa shape index (κ2) is 8.91. The molecule has 154 valence electrons. The van der Waals surface area contributed by atoms with Crippen molar-refractivity contribution in [2.24, 2.45) is 5.92 Å². The molecule has 1 amide bonds. The van der Waals surface area contributed by atoms with Gasteiger partial charge in [-0.25, -0.2) is 14.6 Å². The van der Waals surface area contributed by atoms with E-state index in [2.05, 4.69) is 15.1 Å². The lowest BCUT2D eigenvalue weighted by atomic mass is 10.0. The number of amides is 1. The quantitative estimate of drug-likeness (QED) is 0.761. The molecule has 0 aliphatic carbocycles. The summed E-state index contributed by atoms with van der Waals surface area (Å²) in [5, 5.41) is 2.85. The van der Waals surface area contributed by atoms with E-state index in [1.54, 1.807) is 27.7 Å². The minimum absolute atomic E-state index is 0.00976. The van der Waals surface area contributed by atoms with E-state index < -0.39 is 23.3 Å². The molecule has 1 aromatic heterocycles.